The number of nitrogens with one attached hydrogen (secondary N) is 1. The molecule has 17 heavy (non-hydrogen) atoms. The maximum atomic E-state index is 13.8. The summed E-state index contributed by atoms with van der Waals surface area (Å²) in [5.74, 6) is 5.71. The second-order valence-corrected chi connectivity index (χ2v) is 4.66. The molecule has 3 heteroatoms. The topological polar surface area (TPSA) is 12.0 Å². The summed E-state index contributed by atoms with van der Waals surface area (Å²) in [5.41, 5.74) is 0.716. The maximum absolute atomic E-state index is 13.8. The third kappa shape index (κ3) is 4.49. The first-order valence-corrected chi connectivity index (χ1v) is 6.56. The van der Waals surface area contributed by atoms with Gasteiger partial charge in [-0.25, -0.2) is 4.39 Å². The van der Waals surface area contributed by atoms with Crippen molar-refractivity contribution in [2.75, 3.05) is 6.54 Å². The Morgan fingerprint density at radius 2 is 2.24 bits per heavy atom. The van der Waals surface area contributed by atoms with Crippen molar-refractivity contribution in [3.63, 3.8) is 0 Å². The Morgan fingerprint density at radius 3 is 2.82 bits per heavy atom. The Labute approximate surface area is 111 Å². The molecular weight excluding hydrogens is 281 g/mol. The van der Waals surface area contributed by atoms with Gasteiger partial charge in [0.2, 0.25) is 0 Å². The molecule has 0 aromatic heterocycles. The smallest absolute Gasteiger partial charge is 0.129 e. The van der Waals surface area contributed by atoms with Gasteiger partial charge in [0.15, 0.2) is 0 Å². The van der Waals surface area contributed by atoms with Crippen molar-refractivity contribution in [2.24, 2.45) is 0 Å². The van der Waals surface area contributed by atoms with Crippen molar-refractivity contribution in [1.29, 1.82) is 0 Å². The van der Waals surface area contributed by atoms with Gasteiger partial charge >= 0.3 is 0 Å². The fraction of sp³-hybridized carbons (Fsp3) is 0.429. The summed E-state index contributed by atoms with van der Waals surface area (Å²) in [4.78, 5) is 0. The number of halogens is 2. The summed E-state index contributed by atoms with van der Waals surface area (Å²) < 4.78 is 14.6. The van der Waals surface area contributed by atoms with Crippen molar-refractivity contribution in [3.05, 3.63) is 34.1 Å². The van der Waals surface area contributed by atoms with Gasteiger partial charge in [-0.3, -0.25) is 0 Å². The molecule has 1 rings (SSSR count). The van der Waals surface area contributed by atoms with Crippen molar-refractivity contribution in [3.8, 4) is 11.8 Å². The van der Waals surface area contributed by atoms with Gasteiger partial charge in [0.1, 0.15) is 5.82 Å². The van der Waals surface area contributed by atoms with Crippen LogP contribution in [0.25, 0.3) is 0 Å². The molecule has 0 bridgehead atoms. The normalized spacial score (nSPS) is 11.8. The lowest BCUT2D eigenvalue weighted by molar-refractivity contribution is 0.490. The van der Waals surface area contributed by atoms with Crippen molar-refractivity contribution in [2.45, 2.75) is 32.7 Å². The molecule has 1 aromatic carbocycles. The van der Waals surface area contributed by atoms with Gasteiger partial charge in [-0.2, -0.15) is 0 Å². The molecule has 0 aliphatic heterocycles. The van der Waals surface area contributed by atoms with Gasteiger partial charge in [0.05, 0.1) is 0 Å². The number of rotatable bonds is 5. The Morgan fingerprint density at radius 1 is 1.47 bits per heavy atom. The van der Waals surface area contributed by atoms with E-state index in [1.165, 1.54) is 6.07 Å². The van der Waals surface area contributed by atoms with E-state index in [1.54, 1.807) is 0 Å². The minimum absolute atomic E-state index is 0.0361. The van der Waals surface area contributed by atoms with E-state index in [4.69, 9.17) is 0 Å². The van der Waals surface area contributed by atoms with E-state index in [9.17, 15) is 4.39 Å². The van der Waals surface area contributed by atoms with Gasteiger partial charge in [-0.15, -0.1) is 11.8 Å². The number of benzene rings is 1. The zero-order chi connectivity index (χ0) is 12.7. The van der Waals surface area contributed by atoms with Crippen molar-refractivity contribution in [1.82, 2.24) is 5.32 Å². The summed E-state index contributed by atoms with van der Waals surface area (Å²) in [6.45, 7) is 4.66. The Hall–Kier alpha value is -0.850. The monoisotopic (exact) mass is 297 g/mol. The van der Waals surface area contributed by atoms with Gasteiger partial charge in [-0.1, -0.05) is 28.9 Å². The van der Waals surface area contributed by atoms with Crippen LogP contribution in [0.5, 0.6) is 0 Å². The van der Waals surface area contributed by atoms with Crippen LogP contribution in [0, 0.1) is 17.7 Å². The van der Waals surface area contributed by atoms with Gasteiger partial charge in [0, 0.05) is 22.5 Å². The van der Waals surface area contributed by atoms with E-state index in [-0.39, 0.29) is 11.9 Å². The predicted molar refractivity (Wildman–Crippen MR) is 73.2 cm³/mol. The van der Waals surface area contributed by atoms with Crippen molar-refractivity contribution >= 4 is 15.9 Å². The Kier molecular flexibility index (Phi) is 6.25. The lowest BCUT2D eigenvalue weighted by Gasteiger charge is -2.18. The standard InChI is InChI=1S/C14H17BrFN/c1-3-5-6-7-14(17-4-2)12-9-8-11(15)10-13(12)16/h8-10,14,17H,4,6-7H2,1-2H3. The molecule has 0 amide bonds. The summed E-state index contributed by atoms with van der Waals surface area (Å²) >= 11 is 3.27. The summed E-state index contributed by atoms with van der Waals surface area (Å²) in [6.07, 6.45) is 1.61. The molecule has 1 nitrogen and oxygen atoms in total. The first-order chi connectivity index (χ1) is 8.19. The third-order valence-corrected chi connectivity index (χ3v) is 3.02. The van der Waals surface area contributed by atoms with Crippen LogP contribution in [0.1, 0.15) is 38.3 Å². The highest BCUT2D eigenvalue weighted by Crippen LogP contribution is 2.24. The first-order valence-electron chi connectivity index (χ1n) is 5.77. The highest BCUT2D eigenvalue weighted by atomic mass is 79.9. The lowest BCUT2D eigenvalue weighted by atomic mass is 10.0. The molecule has 0 aliphatic rings. The molecule has 0 radical (unpaired) electrons. The summed E-state index contributed by atoms with van der Waals surface area (Å²) in [6, 6.07) is 5.24. The fourth-order valence-electron chi connectivity index (χ4n) is 1.74. The average molecular weight is 298 g/mol. The van der Waals surface area contributed by atoms with E-state index < -0.39 is 0 Å². The minimum atomic E-state index is -0.171. The molecule has 1 unspecified atom stereocenters. The molecular formula is C14H17BrFN. The summed E-state index contributed by atoms with van der Waals surface area (Å²) in [7, 11) is 0. The summed E-state index contributed by atoms with van der Waals surface area (Å²) in [5, 5.41) is 3.30. The molecule has 0 spiro atoms. The maximum Gasteiger partial charge on any atom is 0.129 e. The second-order valence-electron chi connectivity index (χ2n) is 3.74. The third-order valence-electron chi connectivity index (χ3n) is 2.52. The predicted octanol–water partition coefficient (Wildman–Crippen LogP) is 4.04. The largest absolute Gasteiger partial charge is 0.310 e. The zero-order valence-corrected chi connectivity index (χ0v) is 11.8. The minimum Gasteiger partial charge on any atom is -0.310 e. The van der Waals surface area contributed by atoms with Crippen molar-refractivity contribution < 1.29 is 4.39 Å². The zero-order valence-electron chi connectivity index (χ0n) is 10.2. The van der Waals surface area contributed by atoms with E-state index in [2.05, 4.69) is 33.1 Å². The highest BCUT2D eigenvalue weighted by molar-refractivity contribution is 9.10. The fourth-order valence-corrected chi connectivity index (χ4v) is 2.07. The van der Waals surface area contributed by atoms with Crippen LogP contribution in [0.2, 0.25) is 0 Å². The molecule has 92 valence electrons. The van der Waals surface area contributed by atoms with E-state index in [1.807, 2.05) is 26.0 Å². The van der Waals surface area contributed by atoms with Crippen LogP contribution in [-0.4, -0.2) is 6.54 Å². The SMILES string of the molecule is CC#CCCC(NCC)c1ccc(Br)cc1F. The highest BCUT2D eigenvalue weighted by Gasteiger charge is 2.14. The van der Waals surface area contributed by atoms with Crippen LogP contribution in [0.4, 0.5) is 4.39 Å². The molecule has 0 aliphatic carbocycles. The quantitative estimate of drug-likeness (QED) is 0.809. The van der Waals surface area contributed by atoms with Crippen LogP contribution in [-0.2, 0) is 0 Å². The molecule has 0 heterocycles. The molecule has 1 atom stereocenters. The lowest BCUT2D eigenvalue weighted by Crippen LogP contribution is -2.21. The van der Waals surface area contributed by atoms with Crippen LogP contribution in [0.15, 0.2) is 22.7 Å². The number of hydrogen-bond donors (Lipinski definition) is 1. The van der Waals surface area contributed by atoms with Gasteiger partial charge < -0.3 is 5.32 Å². The molecule has 1 N–H and O–H groups in total. The molecule has 1 aromatic rings. The molecule has 0 saturated heterocycles. The van der Waals surface area contributed by atoms with Crippen LogP contribution in [0.3, 0.4) is 0 Å². The second kappa shape index (κ2) is 7.47. The van der Waals surface area contributed by atoms with Crippen LogP contribution < -0.4 is 5.32 Å². The molecule has 0 saturated carbocycles. The van der Waals surface area contributed by atoms with Crippen LogP contribution >= 0.6 is 15.9 Å². The van der Waals surface area contributed by atoms with E-state index >= 15 is 0 Å². The average Bonchev–Trinajstić information content (AvgIpc) is 2.28. The Bertz CT molecular complexity index is 420. The Balaban J connectivity index is 2.83. The molecule has 0 fully saturated rings. The first kappa shape index (κ1) is 14.2. The number of hydrogen-bond acceptors (Lipinski definition) is 1. The van der Waals surface area contributed by atoms with Gasteiger partial charge in [0.25, 0.3) is 0 Å². The van der Waals surface area contributed by atoms with E-state index in [0.29, 0.717) is 5.56 Å². The van der Waals surface area contributed by atoms with Gasteiger partial charge in [-0.05, 0) is 32.0 Å². The van der Waals surface area contributed by atoms with E-state index in [0.717, 1.165) is 23.9 Å².